The smallest absolute Gasteiger partial charge is 0.317 e. The molecule has 0 aliphatic carbocycles. The predicted molar refractivity (Wildman–Crippen MR) is 86.4 cm³/mol. The lowest BCUT2D eigenvalue weighted by Crippen LogP contribution is -2.45. The zero-order chi connectivity index (χ0) is 16.2. The molecule has 1 N–H and O–H groups in total. The molecular formula is C17H23N3O3. The van der Waals surface area contributed by atoms with Crippen LogP contribution in [-0.2, 0) is 11.2 Å². The molecule has 0 spiro atoms. The van der Waals surface area contributed by atoms with Crippen LogP contribution in [0.2, 0.25) is 0 Å². The number of fused-ring (bicyclic) bond motifs is 1. The summed E-state index contributed by atoms with van der Waals surface area (Å²) in [6.45, 7) is 4.66. The van der Waals surface area contributed by atoms with Crippen molar-refractivity contribution in [1.82, 2.24) is 15.1 Å². The van der Waals surface area contributed by atoms with E-state index in [0.29, 0.717) is 26.2 Å². The van der Waals surface area contributed by atoms with Gasteiger partial charge in [-0.3, -0.25) is 4.79 Å². The van der Waals surface area contributed by atoms with E-state index in [9.17, 15) is 9.59 Å². The fraction of sp³-hybridized carbons (Fsp3) is 0.529. The fourth-order valence-electron chi connectivity index (χ4n) is 3.12. The lowest BCUT2D eigenvalue weighted by Gasteiger charge is -2.22. The molecule has 0 unspecified atom stereocenters. The highest BCUT2D eigenvalue weighted by Crippen LogP contribution is 2.27. The highest BCUT2D eigenvalue weighted by atomic mass is 16.5. The molecule has 1 saturated heterocycles. The van der Waals surface area contributed by atoms with Crippen molar-refractivity contribution in [2.75, 3.05) is 32.7 Å². The summed E-state index contributed by atoms with van der Waals surface area (Å²) in [5, 5.41) is 2.96. The van der Waals surface area contributed by atoms with Crippen molar-refractivity contribution in [1.29, 1.82) is 0 Å². The molecule has 1 aromatic rings. The molecule has 23 heavy (non-hydrogen) atoms. The quantitative estimate of drug-likeness (QED) is 0.893. The largest absolute Gasteiger partial charge is 0.488 e. The average Bonchev–Trinajstić information content (AvgIpc) is 2.79. The maximum atomic E-state index is 12.3. The van der Waals surface area contributed by atoms with E-state index in [4.69, 9.17) is 4.74 Å². The number of nitrogens with one attached hydrogen (secondary N) is 1. The molecule has 0 bridgehead atoms. The van der Waals surface area contributed by atoms with Crippen LogP contribution in [0.5, 0.6) is 5.75 Å². The van der Waals surface area contributed by atoms with Gasteiger partial charge < -0.3 is 19.9 Å². The van der Waals surface area contributed by atoms with Crippen LogP contribution < -0.4 is 10.1 Å². The highest BCUT2D eigenvalue weighted by molar-refractivity contribution is 5.75. The van der Waals surface area contributed by atoms with Crippen LogP contribution in [0.1, 0.15) is 18.9 Å². The molecule has 6 nitrogen and oxygen atoms in total. The number of hydrogen-bond acceptors (Lipinski definition) is 3. The standard InChI is InChI=1S/C17H23N3O3/c1-13(21)19-7-4-8-20(10-9-19)17(22)18-12-15-11-14-5-2-3-6-16(14)23-15/h2-3,5-6,15H,4,7-12H2,1H3,(H,18,22)/t15-/m0/s1. The van der Waals surface area contributed by atoms with Crippen molar-refractivity contribution >= 4 is 11.9 Å². The molecule has 1 fully saturated rings. The Balaban J connectivity index is 1.46. The van der Waals surface area contributed by atoms with Gasteiger partial charge in [-0.15, -0.1) is 0 Å². The fourth-order valence-corrected chi connectivity index (χ4v) is 3.12. The number of para-hydroxylation sites is 1. The van der Waals surface area contributed by atoms with Gasteiger partial charge in [0, 0.05) is 39.5 Å². The van der Waals surface area contributed by atoms with Gasteiger partial charge in [-0.05, 0) is 18.1 Å². The Morgan fingerprint density at radius 2 is 1.91 bits per heavy atom. The Hall–Kier alpha value is -2.24. The van der Waals surface area contributed by atoms with Crippen LogP contribution >= 0.6 is 0 Å². The summed E-state index contributed by atoms with van der Waals surface area (Å²) in [7, 11) is 0. The van der Waals surface area contributed by atoms with E-state index in [2.05, 4.69) is 11.4 Å². The molecule has 2 aliphatic heterocycles. The Morgan fingerprint density at radius 3 is 2.70 bits per heavy atom. The second-order valence-electron chi connectivity index (χ2n) is 6.08. The van der Waals surface area contributed by atoms with Crippen molar-refractivity contribution in [2.45, 2.75) is 25.9 Å². The van der Waals surface area contributed by atoms with E-state index in [-0.39, 0.29) is 18.0 Å². The van der Waals surface area contributed by atoms with Gasteiger partial charge in [0.15, 0.2) is 0 Å². The number of carbonyl (C=O) groups excluding carboxylic acids is 2. The monoisotopic (exact) mass is 317 g/mol. The molecule has 1 atom stereocenters. The van der Waals surface area contributed by atoms with Crippen molar-refractivity contribution in [2.24, 2.45) is 0 Å². The van der Waals surface area contributed by atoms with Crippen LogP contribution in [0.3, 0.4) is 0 Å². The minimum Gasteiger partial charge on any atom is -0.488 e. The van der Waals surface area contributed by atoms with Crippen LogP contribution in [-0.4, -0.2) is 60.6 Å². The first kappa shape index (κ1) is 15.6. The van der Waals surface area contributed by atoms with Crippen molar-refractivity contribution < 1.29 is 14.3 Å². The summed E-state index contributed by atoms with van der Waals surface area (Å²) in [4.78, 5) is 27.3. The van der Waals surface area contributed by atoms with Gasteiger partial charge >= 0.3 is 6.03 Å². The molecule has 3 amide bonds. The van der Waals surface area contributed by atoms with Crippen molar-refractivity contribution in [3.8, 4) is 5.75 Å². The summed E-state index contributed by atoms with van der Waals surface area (Å²) in [6.07, 6.45) is 1.64. The molecule has 2 aliphatic rings. The van der Waals surface area contributed by atoms with E-state index in [1.807, 2.05) is 18.2 Å². The number of urea groups is 1. The number of amides is 3. The Kier molecular flexibility index (Phi) is 4.69. The lowest BCUT2D eigenvalue weighted by atomic mass is 10.1. The van der Waals surface area contributed by atoms with Gasteiger partial charge in [-0.2, -0.15) is 0 Å². The SMILES string of the molecule is CC(=O)N1CCCN(C(=O)NC[C@@H]2Cc3ccccc3O2)CC1. The third-order valence-electron chi connectivity index (χ3n) is 4.42. The first-order chi connectivity index (χ1) is 11.1. The van der Waals surface area contributed by atoms with Crippen molar-refractivity contribution in [3.63, 3.8) is 0 Å². The number of ether oxygens (including phenoxy) is 1. The third-order valence-corrected chi connectivity index (χ3v) is 4.42. The van der Waals surface area contributed by atoms with Gasteiger partial charge in [0.05, 0.1) is 6.54 Å². The minimum absolute atomic E-state index is 0.00274. The zero-order valence-corrected chi connectivity index (χ0v) is 13.5. The van der Waals surface area contributed by atoms with E-state index in [0.717, 1.165) is 25.1 Å². The molecule has 6 heteroatoms. The topological polar surface area (TPSA) is 61.9 Å². The van der Waals surface area contributed by atoms with Crippen LogP contribution in [0, 0.1) is 0 Å². The van der Waals surface area contributed by atoms with E-state index in [1.165, 1.54) is 5.56 Å². The van der Waals surface area contributed by atoms with Gasteiger partial charge in [-0.1, -0.05) is 18.2 Å². The number of nitrogens with zero attached hydrogens (tertiary/aromatic N) is 2. The van der Waals surface area contributed by atoms with Gasteiger partial charge in [0.2, 0.25) is 5.91 Å². The lowest BCUT2D eigenvalue weighted by molar-refractivity contribution is -0.128. The Bertz CT molecular complexity index is 565. The first-order valence-corrected chi connectivity index (χ1v) is 8.16. The van der Waals surface area contributed by atoms with E-state index in [1.54, 1.807) is 16.7 Å². The maximum absolute atomic E-state index is 12.3. The number of carbonyl (C=O) groups is 2. The number of benzene rings is 1. The summed E-state index contributed by atoms with van der Waals surface area (Å²) in [5.41, 5.74) is 1.19. The molecule has 0 radical (unpaired) electrons. The second-order valence-corrected chi connectivity index (χ2v) is 6.08. The molecule has 2 heterocycles. The van der Waals surface area contributed by atoms with Crippen LogP contribution in [0.15, 0.2) is 24.3 Å². The van der Waals surface area contributed by atoms with Gasteiger partial charge in [0.25, 0.3) is 0 Å². The maximum Gasteiger partial charge on any atom is 0.317 e. The number of hydrogen-bond donors (Lipinski definition) is 1. The Morgan fingerprint density at radius 1 is 1.17 bits per heavy atom. The molecule has 0 aromatic heterocycles. The average molecular weight is 317 g/mol. The van der Waals surface area contributed by atoms with Crippen molar-refractivity contribution in [3.05, 3.63) is 29.8 Å². The van der Waals surface area contributed by atoms with Gasteiger partial charge in [-0.25, -0.2) is 4.79 Å². The van der Waals surface area contributed by atoms with E-state index < -0.39 is 0 Å². The molecular weight excluding hydrogens is 294 g/mol. The Labute approximate surface area is 136 Å². The minimum atomic E-state index is -0.0741. The molecule has 124 valence electrons. The van der Waals surface area contributed by atoms with Gasteiger partial charge in [0.1, 0.15) is 11.9 Å². The summed E-state index contributed by atoms with van der Waals surface area (Å²) in [5.74, 6) is 0.989. The molecule has 0 saturated carbocycles. The van der Waals surface area contributed by atoms with Crippen LogP contribution in [0.4, 0.5) is 4.79 Å². The third kappa shape index (κ3) is 3.75. The highest BCUT2D eigenvalue weighted by Gasteiger charge is 2.24. The molecule has 3 rings (SSSR count). The summed E-state index contributed by atoms with van der Waals surface area (Å²) < 4.78 is 5.83. The van der Waals surface area contributed by atoms with Crippen LogP contribution in [0.25, 0.3) is 0 Å². The normalized spacial score (nSPS) is 20.5. The summed E-state index contributed by atoms with van der Waals surface area (Å²) in [6, 6.07) is 7.90. The first-order valence-electron chi connectivity index (χ1n) is 8.16. The summed E-state index contributed by atoms with van der Waals surface area (Å²) >= 11 is 0. The number of rotatable bonds is 2. The van der Waals surface area contributed by atoms with E-state index >= 15 is 0 Å². The predicted octanol–water partition coefficient (Wildman–Crippen LogP) is 1.25. The molecule has 1 aromatic carbocycles. The second kappa shape index (κ2) is 6.89. The zero-order valence-electron chi connectivity index (χ0n) is 13.5.